The van der Waals surface area contributed by atoms with Gasteiger partial charge in [0, 0.05) is 25.6 Å². The highest BCUT2D eigenvalue weighted by molar-refractivity contribution is 5.77. The molecule has 0 atom stereocenters. The van der Waals surface area contributed by atoms with E-state index in [4.69, 9.17) is 5.11 Å². The Bertz CT molecular complexity index is 572. The number of aryl methyl sites for hydroxylation is 2. The molecule has 0 spiro atoms. The maximum Gasteiger partial charge on any atom is 0.106 e. The lowest BCUT2D eigenvalue weighted by Crippen LogP contribution is -2.34. The topological polar surface area (TPSA) is 50.1 Å². The first-order chi connectivity index (χ1) is 8.95. The minimum absolute atomic E-state index is 0.0226. The lowest BCUT2D eigenvalue weighted by molar-refractivity contribution is 0.286. The van der Waals surface area contributed by atoms with Crippen molar-refractivity contribution in [1.29, 1.82) is 0 Å². The highest BCUT2D eigenvalue weighted by Crippen LogP contribution is 2.26. The zero-order valence-corrected chi connectivity index (χ0v) is 12.2. The summed E-state index contributed by atoms with van der Waals surface area (Å²) in [5.41, 5.74) is 3.51. The van der Waals surface area contributed by atoms with Crippen LogP contribution in [0.25, 0.3) is 11.0 Å². The van der Waals surface area contributed by atoms with Crippen LogP contribution in [0.5, 0.6) is 0 Å². The van der Waals surface area contributed by atoms with Crippen molar-refractivity contribution in [2.45, 2.75) is 26.2 Å². The summed E-state index contributed by atoms with van der Waals surface area (Å²) in [5, 5.41) is 12.1. The van der Waals surface area contributed by atoms with Crippen LogP contribution in [0.3, 0.4) is 0 Å². The quantitative estimate of drug-likeness (QED) is 0.806. The summed E-state index contributed by atoms with van der Waals surface area (Å²) in [6.07, 6.45) is 0. The Balaban J connectivity index is 2.29. The molecular formula is C15H23N3O. The van der Waals surface area contributed by atoms with Crippen LogP contribution in [-0.4, -0.2) is 34.4 Å². The highest BCUT2D eigenvalue weighted by atomic mass is 16.3. The summed E-state index contributed by atoms with van der Waals surface area (Å²) in [6, 6.07) is 6.48. The number of aliphatic hydroxyl groups is 1. The number of aliphatic hydroxyl groups excluding tert-OH is 1. The Morgan fingerprint density at radius 2 is 2.11 bits per heavy atom. The Morgan fingerprint density at radius 1 is 1.37 bits per heavy atom. The maximum atomic E-state index is 8.83. The van der Waals surface area contributed by atoms with Gasteiger partial charge in [0.2, 0.25) is 0 Å². The normalized spacial score (nSPS) is 12.3. The molecule has 0 aliphatic heterocycles. The molecule has 0 aliphatic rings. The van der Waals surface area contributed by atoms with Crippen molar-refractivity contribution in [2.75, 3.05) is 19.7 Å². The zero-order chi connectivity index (χ0) is 14.0. The van der Waals surface area contributed by atoms with Crippen molar-refractivity contribution in [1.82, 2.24) is 14.9 Å². The lowest BCUT2D eigenvalue weighted by Gasteiger charge is -2.25. The summed E-state index contributed by atoms with van der Waals surface area (Å²) in [6.45, 7) is 8.07. The molecule has 0 amide bonds. The van der Waals surface area contributed by atoms with Crippen LogP contribution in [0, 0.1) is 6.92 Å². The average Bonchev–Trinajstić information content (AvgIpc) is 2.65. The summed E-state index contributed by atoms with van der Waals surface area (Å²) in [4.78, 5) is 4.59. The molecular weight excluding hydrogens is 238 g/mol. The van der Waals surface area contributed by atoms with E-state index < -0.39 is 0 Å². The number of hydrogen-bond acceptors (Lipinski definition) is 3. The standard InChI is InChI=1S/C15H23N3O/c1-11-17-13-9-12(5-6-14(13)18(11)4)15(2,3)10-16-7-8-19/h5-6,9,16,19H,7-8,10H2,1-4H3. The molecule has 4 nitrogen and oxygen atoms in total. The average molecular weight is 261 g/mol. The number of aromatic nitrogens is 2. The Morgan fingerprint density at radius 3 is 2.79 bits per heavy atom. The van der Waals surface area contributed by atoms with Gasteiger partial charge in [0.1, 0.15) is 5.82 Å². The number of fused-ring (bicyclic) bond motifs is 1. The van der Waals surface area contributed by atoms with Gasteiger partial charge in [-0.25, -0.2) is 4.98 Å². The van der Waals surface area contributed by atoms with Crippen molar-refractivity contribution in [3.8, 4) is 0 Å². The van der Waals surface area contributed by atoms with Crippen LogP contribution in [0.15, 0.2) is 18.2 Å². The van der Waals surface area contributed by atoms with Gasteiger partial charge in [0.05, 0.1) is 17.6 Å². The number of benzene rings is 1. The van der Waals surface area contributed by atoms with Crippen LogP contribution < -0.4 is 5.32 Å². The fourth-order valence-corrected chi connectivity index (χ4v) is 2.32. The van der Waals surface area contributed by atoms with Gasteiger partial charge < -0.3 is 15.0 Å². The zero-order valence-electron chi connectivity index (χ0n) is 12.2. The molecule has 104 valence electrons. The molecule has 1 aromatic heterocycles. The van der Waals surface area contributed by atoms with E-state index in [1.165, 1.54) is 11.1 Å². The molecule has 2 aromatic rings. The van der Waals surface area contributed by atoms with Crippen molar-refractivity contribution in [3.05, 3.63) is 29.6 Å². The van der Waals surface area contributed by atoms with E-state index in [0.29, 0.717) is 6.54 Å². The highest BCUT2D eigenvalue weighted by Gasteiger charge is 2.21. The number of hydrogen-bond donors (Lipinski definition) is 2. The molecule has 0 unspecified atom stereocenters. The first kappa shape index (κ1) is 14.0. The van der Waals surface area contributed by atoms with E-state index in [-0.39, 0.29) is 12.0 Å². The molecule has 0 saturated carbocycles. The molecule has 2 rings (SSSR count). The Hall–Kier alpha value is -1.39. The largest absolute Gasteiger partial charge is 0.395 e. The van der Waals surface area contributed by atoms with Gasteiger partial charge in [-0.15, -0.1) is 0 Å². The minimum atomic E-state index is 0.0226. The molecule has 0 bridgehead atoms. The molecule has 0 aliphatic carbocycles. The second-order valence-corrected chi connectivity index (χ2v) is 5.71. The molecule has 0 radical (unpaired) electrons. The van der Waals surface area contributed by atoms with Gasteiger partial charge in [-0.3, -0.25) is 0 Å². The van der Waals surface area contributed by atoms with E-state index in [1.54, 1.807) is 0 Å². The van der Waals surface area contributed by atoms with Crippen LogP contribution in [0.1, 0.15) is 25.2 Å². The van der Waals surface area contributed by atoms with Gasteiger partial charge in [0.25, 0.3) is 0 Å². The minimum Gasteiger partial charge on any atom is -0.395 e. The van der Waals surface area contributed by atoms with Crippen LogP contribution in [0.4, 0.5) is 0 Å². The van der Waals surface area contributed by atoms with Gasteiger partial charge >= 0.3 is 0 Å². The van der Waals surface area contributed by atoms with Crippen LogP contribution >= 0.6 is 0 Å². The van der Waals surface area contributed by atoms with Crippen molar-refractivity contribution < 1.29 is 5.11 Å². The van der Waals surface area contributed by atoms with Crippen molar-refractivity contribution in [3.63, 3.8) is 0 Å². The van der Waals surface area contributed by atoms with Gasteiger partial charge in [-0.05, 0) is 24.6 Å². The second-order valence-electron chi connectivity index (χ2n) is 5.71. The third-order valence-corrected chi connectivity index (χ3v) is 3.74. The van der Waals surface area contributed by atoms with Crippen LogP contribution in [-0.2, 0) is 12.5 Å². The molecule has 19 heavy (non-hydrogen) atoms. The summed E-state index contributed by atoms with van der Waals surface area (Å²) in [7, 11) is 2.04. The van der Waals surface area contributed by atoms with Gasteiger partial charge in [0.15, 0.2) is 0 Å². The number of rotatable bonds is 5. The molecule has 1 heterocycles. The van der Waals surface area contributed by atoms with Gasteiger partial charge in [-0.2, -0.15) is 0 Å². The van der Waals surface area contributed by atoms with E-state index in [1.807, 2.05) is 14.0 Å². The lowest BCUT2D eigenvalue weighted by atomic mass is 9.84. The summed E-state index contributed by atoms with van der Waals surface area (Å²) in [5.74, 6) is 1.03. The molecule has 2 N–H and O–H groups in total. The number of nitrogens with one attached hydrogen (secondary N) is 1. The third-order valence-electron chi connectivity index (χ3n) is 3.74. The maximum absolute atomic E-state index is 8.83. The van der Waals surface area contributed by atoms with Crippen molar-refractivity contribution in [2.24, 2.45) is 7.05 Å². The van der Waals surface area contributed by atoms with E-state index >= 15 is 0 Å². The van der Waals surface area contributed by atoms with E-state index in [0.717, 1.165) is 17.9 Å². The smallest absolute Gasteiger partial charge is 0.106 e. The summed E-state index contributed by atoms with van der Waals surface area (Å²) >= 11 is 0. The van der Waals surface area contributed by atoms with E-state index in [9.17, 15) is 0 Å². The second kappa shape index (κ2) is 5.31. The van der Waals surface area contributed by atoms with Crippen LogP contribution in [0.2, 0.25) is 0 Å². The Labute approximate surface area is 114 Å². The number of imidazole rings is 1. The SMILES string of the molecule is Cc1nc2cc(C(C)(C)CNCCO)ccc2n1C. The third kappa shape index (κ3) is 2.80. The van der Waals surface area contributed by atoms with E-state index in [2.05, 4.69) is 46.9 Å². The fraction of sp³-hybridized carbons (Fsp3) is 0.533. The summed E-state index contributed by atoms with van der Waals surface area (Å²) < 4.78 is 2.11. The van der Waals surface area contributed by atoms with Gasteiger partial charge in [-0.1, -0.05) is 19.9 Å². The monoisotopic (exact) mass is 261 g/mol. The molecule has 0 saturated heterocycles. The molecule has 0 fully saturated rings. The number of nitrogens with zero attached hydrogens (tertiary/aromatic N) is 2. The predicted molar refractivity (Wildman–Crippen MR) is 78.4 cm³/mol. The Kier molecular flexibility index (Phi) is 3.92. The molecule has 4 heteroatoms. The predicted octanol–water partition coefficient (Wildman–Crippen LogP) is 1.74. The molecule has 1 aromatic carbocycles. The fourth-order valence-electron chi connectivity index (χ4n) is 2.32. The van der Waals surface area contributed by atoms with Crippen molar-refractivity contribution >= 4 is 11.0 Å². The first-order valence-electron chi connectivity index (χ1n) is 6.71. The first-order valence-corrected chi connectivity index (χ1v) is 6.71.